The van der Waals surface area contributed by atoms with Crippen molar-refractivity contribution in [2.75, 3.05) is 5.01 Å². The van der Waals surface area contributed by atoms with Crippen LogP contribution < -0.4 is 10.4 Å². The van der Waals surface area contributed by atoms with E-state index in [9.17, 15) is 9.90 Å². The first kappa shape index (κ1) is 23.3. The van der Waals surface area contributed by atoms with Crippen LogP contribution in [-0.2, 0) is 4.79 Å². The number of anilines is 1. The number of aryl methyl sites for hydroxylation is 1. The van der Waals surface area contributed by atoms with Crippen LogP contribution >= 0.6 is 46.4 Å². The Labute approximate surface area is 209 Å². The molecule has 0 spiro atoms. The number of azo groups is 1. The van der Waals surface area contributed by atoms with Gasteiger partial charge in [0.25, 0.3) is 5.91 Å². The molecule has 168 valence electrons. The van der Waals surface area contributed by atoms with Crippen molar-refractivity contribution in [2.45, 2.75) is 13.0 Å². The zero-order chi connectivity index (χ0) is 23.7. The van der Waals surface area contributed by atoms with E-state index in [0.717, 1.165) is 10.6 Å². The number of hydrogen-bond donors (Lipinski definition) is 2. The number of phenols is 1. The molecule has 1 heterocycles. The number of aliphatic imine (C=N–C) groups is 1. The van der Waals surface area contributed by atoms with Gasteiger partial charge in [-0.05, 0) is 61.0 Å². The summed E-state index contributed by atoms with van der Waals surface area (Å²) >= 11 is 25.0. The topological polar surface area (TPSA) is 89.7 Å². The molecule has 0 radical (unpaired) electrons. The van der Waals surface area contributed by atoms with E-state index >= 15 is 0 Å². The van der Waals surface area contributed by atoms with Crippen LogP contribution in [0.2, 0.25) is 20.1 Å². The lowest BCUT2D eigenvalue weighted by Crippen LogP contribution is -2.36. The summed E-state index contributed by atoms with van der Waals surface area (Å²) in [7, 11) is 0. The van der Waals surface area contributed by atoms with E-state index in [4.69, 9.17) is 46.4 Å². The van der Waals surface area contributed by atoms with Gasteiger partial charge >= 0.3 is 0 Å². The number of carbonyl (C=O) groups excluding carboxylic acids is 1. The first-order chi connectivity index (χ1) is 15.7. The van der Waals surface area contributed by atoms with Gasteiger partial charge in [-0.1, -0.05) is 52.5 Å². The zero-order valence-corrected chi connectivity index (χ0v) is 20.0. The highest BCUT2D eigenvalue weighted by Gasteiger charge is 2.40. The van der Waals surface area contributed by atoms with Crippen LogP contribution in [0.15, 0.2) is 69.8 Å². The van der Waals surface area contributed by atoms with E-state index in [2.05, 4.69) is 20.6 Å². The molecule has 1 atom stereocenters. The fourth-order valence-electron chi connectivity index (χ4n) is 3.06. The third-order valence-electron chi connectivity index (χ3n) is 4.63. The van der Waals surface area contributed by atoms with Crippen molar-refractivity contribution in [1.29, 1.82) is 0 Å². The van der Waals surface area contributed by atoms with Gasteiger partial charge in [-0.3, -0.25) is 10.2 Å². The Hall–Kier alpha value is -2.84. The van der Waals surface area contributed by atoms with Gasteiger partial charge in [0.15, 0.2) is 5.84 Å². The molecular formula is C22H15Cl4N5O2. The molecular weight excluding hydrogens is 508 g/mol. The van der Waals surface area contributed by atoms with Crippen LogP contribution in [-0.4, -0.2) is 22.9 Å². The van der Waals surface area contributed by atoms with Crippen molar-refractivity contribution < 1.29 is 9.90 Å². The molecule has 3 aromatic carbocycles. The monoisotopic (exact) mass is 521 g/mol. The summed E-state index contributed by atoms with van der Waals surface area (Å²) < 4.78 is 0. The Bertz CT molecular complexity index is 1270. The van der Waals surface area contributed by atoms with E-state index in [1.165, 1.54) is 24.3 Å². The number of halogens is 4. The highest BCUT2D eigenvalue weighted by Crippen LogP contribution is 2.38. The number of nitrogens with one attached hydrogen (secondary N) is 1. The van der Waals surface area contributed by atoms with E-state index in [1.54, 1.807) is 24.3 Å². The largest absolute Gasteiger partial charge is 0.508 e. The number of amides is 1. The number of phenolic OH excluding ortho intramolecular Hbond substituents is 1. The molecule has 1 unspecified atom stereocenters. The predicted octanol–water partition coefficient (Wildman–Crippen LogP) is 7.05. The molecule has 1 aliphatic heterocycles. The van der Waals surface area contributed by atoms with Crippen molar-refractivity contribution in [3.05, 3.63) is 80.3 Å². The van der Waals surface area contributed by atoms with Crippen LogP contribution in [0.25, 0.3) is 0 Å². The Morgan fingerprint density at radius 1 is 0.939 bits per heavy atom. The fraction of sp³-hybridized carbons (Fsp3) is 0.0909. The van der Waals surface area contributed by atoms with Crippen LogP contribution in [0.1, 0.15) is 5.56 Å². The molecule has 3 aromatic rings. The SMILES string of the molecule is Cc1ccc(Cl)c(N=C2NN(c3c(Cl)cc(Cl)cc3Cl)C(=O)C2N=Nc2ccc(O)cc2)c1. The molecule has 1 fully saturated rings. The quantitative estimate of drug-likeness (QED) is 0.360. The Balaban J connectivity index is 1.78. The summed E-state index contributed by atoms with van der Waals surface area (Å²) in [6, 6.07) is 13.2. The molecule has 0 aliphatic carbocycles. The van der Waals surface area contributed by atoms with Gasteiger partial charge in [-0.25, -0.2) is 10.0 Å². The smallest absolute Gasteiger partial charge is 0.280 e. The average molecular weight is 523 g/mol. The van der Waals surface area contributed by atoms with Crippen LogP contribution in [0.4, 0.5) is 17.1 Å². The maximum Gasteiger partial charge on any atom is 0.280 e. The van der Waals surface area contributed by atoms with E-state index in [0.29, 0.717) is 21.4 Å². The van der Waals surface area contributed by atoms with E-state index in [1.807, 2.05) is 13.0 Å². The molecule has 1 amide bonds. The second kappa shape index (κ2) is 9.57. The summed E-state index contributed by atoms with van der Waals surface area (Å²) in [5.74, 6) is -0.245. The van der Waals surface area contributed by atoms with Gasteiger partial charge in [0, 0.05) is 5.02 Å². The molecule has 11 heteroatoms. The summed E-state index contributed by atoms with van der Waals surface area (Å²) in [4.78, 5) is 17.9. The summed E-state index contributed by atoms with van der Waals surface area (Å²) in [6.45, 7) is 1.90. The van der Waals surface area contributed by atoms with E-state index < -0.39 is 11.9 Å². The highest BCUT2D eigenvalue weighted by atomic mass is 35.5. The molecule has 4 rings (SSSR count). The first-order valence-electron chi connectivity index (χ1n) is 9.52. The van der Waals surface area contributed by atoms with Crippen LogP contribution in [0, 0.1) is 6.92 Å². The lowest BCUT2D eigenvalue weighted by atomic mass is 10.2. The van der Waals surface area contributed by atoms with Gasteiger partial charge in [-0.2, -0.15) is 10.2 Å². The molecule has 7 nitrogen and oxygen atoms in total. The predicted molar refractivity (Wildman–Crippen MR) is 132 cm³/mol. The molecule has 1 aliphatic rings. The highest BCUT2D eigenvalue weighted by molar-refractivity contribution is 6.43. The van der Waals surface area contributed by atoms with Crippen molar-refractivity contribution in [3.8, 4) is 5.75 Å². The average Bonchev–Trinajstić information content (AvgIpc) is 3.04. The second-order valence-corrected chi connectivity index (χ2v) is 8.75. The fourth-order valence-corrected chi connectivity index (χ4v) is 4.20. The Morgan fingerprint density at radius 3 is 2.27 bits per heavy atom. The number of carbonyl (C=O) groups is 1. The minimum atomic E-state index is -1.13. The van der Waals surface area contributed by atoms with Gasteiger partial charge < -0.3 is 5.11 Å². The van der Waals surface area contributed by atoms with Crippen molar-refractivity contribution in [3.63, 3.8) is 0 Å². The number of amidine groups is 1. The van der Waals surface area contributed by atoms with Crippen molar-refractivity contribution in [1.82, 2.24) is 5.43 Å². The molecule has 1 saturated heterocycles. The van der Waals surface area contributed by atoms with Gasteiger partial charge in [0.2, 0.25) is 6.04 Å². The number of aromatic hydroxyl groups is 1. The normalized spacial score (nSPS) is 17.2. The lowest BCUT2D eigenvalue weighted by Gasteiger charge is -2.19. The maximum absolute atomic E-state index is 13.3. The lowest BCUT2D eigenvalue weighted by molar-refractivity contribution is -0.117. The van der Waals surface area contributed by atoms with E-state index in [-0.39, 0.29) is 27.3 Å². The van der Waals surface area contributed by atoms with Gasteiger partial charge in [0.1, 0.15) is 11.4 Å². The number of hydrazine groups is 1. The van der Waals surface area contributed by atoms with Gasteiger partial charge in [-0.15, -0.1) is 0 Å². The molecule has 2 N–H and O–H groups in total. The Morgan fingerprint density at radius 2 is 1.61 bits per heavy atom. The number of nitrogens with zero attached hydrogens (tertiary/aromatic N) is 4. The first-order valence-corrected chi connectivity index (χ1v) is 11.0. The molecule has 0 aromatic heterocycles. The minimum absolute atomic E-state index is 0.0853. The molecule has 0 saturated carbocycles. The molecule has 0 bridgehead atoms. The number of hydrogen-bond acceptors (Lipinski definition) is 5. The summed E-state index contributed by atoms with van der Waals surface area (Å²) in [6.07, 6.45) is 0. The van der Waals surface area contributed by atoms with Crippen LogP contribution in [0.3, 0.4) is 0 Å². The summed E-state index contributed by atoms with van der Waals surface area (Å²) in [5, 5.41) is 20.0. The summed E-state index contributed by atoms with van der Waals surface area (Å²) in [5.41, 5.74) is 4.95. The zero-order valence-electron chi connectivity index (χ0n) is 16.9. The maximum atomic E-state index is 13.3. The second-order valence-electron chi connectivity index (χ2n) is 7.09. The third kappa shape index (κ3) is 5.07. The van der Waals surface area contributed by atoms with Crippen molar-refractivity contribution in [2.24, 2.45) is 15.2 Å². The standard InChI is InChI=1S/C22H15Cl4N5O2/c1-11-2-7-15(24)18(8-11)27-21-19(29-28-13-3-5-14(32)6-4-13)22(33)31(30-21)20-16(25)9-12(23)10-17(20)26/h2-10,19,32H,1H3,(H,27,30). The Kier molecular flexibility index (Phi) is 6.76. The van der Waals surface area contributed by atoms with Gasteiger partial charge in [0.05, 0.1) is 26.4 Å². The van der Waals surface area contributed by atoms with Crippen LogP contribution in [0.5, 0.6) is 5.75 Å². The number of benzene rings is 3. The van der Waals surface area contributed by atoms with Crippen molar-refractivity contribution >= 4 is 75.2 Å². The minimum Gasteiger partial charge on any atom is -0.508 e. The molecule has 33 heavy (non-hydrogen) atoms. The third-order valence-corrected chi connectivity index (χ3v) is 5.74. The number of rotatable bonds is 4.